The van der Waals surface area contributed by atoms with E-state index in [0.29, 0.717) is 5.82 Å². The normalized spacial score (nSPS) is 9.93. The Labute approximate surface area is 86.1 Å². The third-order valence-electron chi connectivity index (χ3n) is 1.81. The first kappa shape index (κ1) is 11.2. The first-order chi connectivity index (χ1) is 7.09. The number of carboxylic acids is 1. The molecule has 0 aliphatic rings. The number of carbonyl (C=O) groups is 2. The first-order valence-electron chi connectivity index (χ1n) is 4.41. The van der Waals surface area contributed by atoms with E-state index in [4.69, 9.17) is 5.11 Å². The maximum Gasteiger partial charge on any atom is 0.303 e. The average molecular weight is 212 g/mol. The second kappa shape index (κ2) is 5.08. The van der Waals surface area contributed by atoms with E-state index in [9.17, 15) is 9.59 Å². The topological polar surface area (TPSA) is 97.1 Å². The van der Waals surface area contributed by atoms with Crippen molar-refractivity contribution in [3.63, 3.8) is 0 Å². The summed E-state index contributed by atoms with van der Waals surface area (Å²) in [5.74, 6) is -0.664. The molecule has 0 saturated heterocycles. The van der Waals surface area contributed by atoms with Gasteiger partial charge >= 0.3 is 5.97 Å². The zero-order chi connectivity index (χ0) is 11.3. The van der Waals surface area contributed by atoms with Gasteiger partial charge in [-0.25, -0.2) is 0 Å². The number of aliphatic carboxylic acids is 1. The highest BCUT2D eigenvalue weighted by Crippen LogP contribution is 1.92. The van der Waals surface area contributed by atoms with E-state index < -0.39 is 5.97 Å². The minimum atomic E-state index is -0.983. The summed E-state index contributed by atoms with van der Waals surface area (Å²) < 4.78 is 1.68. The fraction of sp³-hybridized carbons (Fsp3) is 0.500. The van der Waals surface area contributed by atoms with Crippen LogP contribution in [0.15, 0.2) is 6.33 Å². The van der Waals surface area contributed by atoms with E-state index in [0.717, 1.165) is 0 Å². The standard InChI is InChI=1S/C8H12N4O3/c1-12-5-10-11-6(12)4-9-7(13)2-3-8(14)15/h5H,2-4H2,1H3,(H,9,13)(H,14,15). The molecule has 1 aromatic rings. The fourth-order valence-electron chi connectivity index (χ4n) is 0.954. The number of rotatable bonds is 5. The van der Waals surface area contributed by atoms with E-state index >= 15 is 0 Å². The lowest BCUT2D eigenvalue weighted by atomic mass is 10.3. The first-order valence-corrected chi connectivity index (χ1v) is 4.41. The molecule has 2 N–H and O–H groups in total. The second-order valence-corrected chi connectivity index (χ2v) is 3.03. The van der Waals surface area contributed by atoms with Gasteiger partial charge in [0.25, 0.3) is 0 Å². The quantitative estimate of drug-likeness (QED) is 0.672. The molecule has 0 unspecified atom stereocenters. The summed E-state index contributed by atoms with van der Waals surface area (Å²) in [6.45, 7) is 0.259. The summed E-state index contributed by atoms with van der Waals surface area (Å²) >= 11 is 0. The highest BCUT2D eigenvalue weighted by Gasteiger charge is 2.06. The van der Waals surface area contributed by atoms with Crippen LogP contribution in [0.3, 0.4) is 0 Å². The number of hydrogen-bond acceptors (Lipinski definition) is 4. The maximum absolute atomic E-state index is 11.1. The molecule has 0 fully saturated rings. The Morgan fingerprint density at radius 1 is 1.53 bits per heavy atom. The highest BCUT2D eigenvalue weighted by atomic mass is 16.4. The Morgan fingerprint density at radius 2 is 2.27 bits per heavy atom. The zero-order valence-corrected chi connectivity index (χ0v) is 8.30. The Hall–Kier alpha value is -1.92. The van der Waals surface area contributed by atoms with Crippen molar-refractivity contribution in [2.75, 3.05) is 0 Å². The van der Waals surface area contributed by atoms with Crippen LogP contribution in [0.5, 0.6) is 0 Å². The molecule has 7 heteroatoms. The lowest BCUT2D eigenvalue weighted by molar-refractivity contribution is -0.138. The van der Waals surface area contributed by atoms with E-state index in [1.54, 1.807) is 11.6 Å². The van der Waals surface area contributed by atoms with Gasteiger partial charge in [0.05, 0.1) is 13.0 Å². The molecule has 0 radical (unpaired) electrons. The van der Waals surface area contributed by atoms with Gasteiger partial charge in [-0.05, 0) is 0 Å². The summed E-state index contributed by atoms with van der Waals surface area (Å²) in [5.41, 5.74) is 0. The smallest absolute Gasteiger partial charge is 0.303 e. The van der Waals surface area contributed by atoms with Gasteiger partial charge in [0.15, 0.2) is 5.82 Å². The number of aromatic nitrogens is 3. The van der Waals surface area contributed by atoms with Crippen molar-refractivity contribution in [2.24, 2.45) is 7.05 Å². The lowest BCUT2D eigenvalue weighted by Crippen LogP contribution is -2.24. The summed E-state index contributed by atoms with van der Waals surface area (Å²) in [5, 5.41) is 18.3. The summed E-state index contributed by atoms with van der Waals surface area (Å²) in [6.07, 6.45) is 1.34. The van der Waals surface area contributed by atoms with Gasteiger partial charge in [-0.15, -0.1) is 10.2 Å². The highest BCUT2D eigenvalue weighted by molar-refractivity contribution is 5.80. The minimum Gasteiger partial charge on any atom is -0.481 e. The van der Waals surface area contributed by atoms with Crippen LogP contribution in [-0.2, 0) is 23.2 Å². The van der Waals surface area contributed by atoms with Crippen LogP contribution in [0.4, 0.5) is 0 Å². The second-order valence-electron chi connectivity index (χ2n) is 3.03. The molecule has 0 atom stereocenters. The van der Waals surface area contributed by atoms with Crippen molar-refractivity contribution in [2.45, 2.75) is 19.4 Å². The van der Waals surface area contributed by atoms with Crippen molar-refractivity contribution in [3.05, 3.63) is 12.2 Å². The SMILES string of the molecule is Cn1cnnc1CNC(=O)CCC(=O)O. The third-order valence-corrected chi connectivity index (χ3v) is 1.81. The van der Waals surface area contributed by atoms with E-state index in [1.165, 1.54) is 6.33 Å². The number of aryl methyl sites for hydroxylation is 1. The van der Waals surface area contributed by atoms with Gasteiger partial charge in [0.1, 0.15) is 6.33 Å². The number of carbonyl (C=O) groups excluding carboxylic acids is 1. The molecule has 0 saturated carbocycles. The minimum absolute atomic E-state index is 0.0207. The van der Waals surface area contributed by atoms with Crippen LogP contribution in [0.1, 0.15) is 18.7 Å². The molecule has 0 spiro atoms. The number of hydrogen-bond donors (Lipinski definition) is 2. The van der Waals surface area contributed by atoms with Crippen molar-refractivity contribution in [1.82, 2.24) is 20.1 Å². The molecule has 1 amide bonds. The molecular weight excluding hydrogens is 200 g/mol. The molecule has 0 aliphatic heterocycles. The van der Waals surface area contributed by atoms with Gasteiger partial charge in [0, 0.05) is 13.5 Å². The van der Waals surface area contributed by atoms with E-state index in [-0.39, 0.29) is 25.3 Å². The number of nitrogens with zero attached hydrogens (tertiary/aromatic N) is 3. The fourth-order valence-corrected chi connectivity index (χ4v) is 0.954. The van der Waals surface area contributed by atoms with Gasteiger partial charge in [-0.2, -0.15) is 0 Å². The third kappa shape index (κ3) is 3.75. The zero-order valence-electron chi connectivity index (χ0n) is 8.30. The Balaban J connectivity index is 2.28. The molecule has 1 heterocycles. The van der Waals surface area contributed by atoms with E-state index in [1.807, 2.05) is 0 Å². The Kier molecular flexibility index (Phi) is 3.78. The molecule has 1 rings (SSSR count). The molecule has 82 valence electrons. The number of nitrogens with one attached hydrogen (secondary N) is 1. The van der Waals surface area contributed by atoms with Gasteiger partial charge in [-0.1, -0.05) is 0 Å². The summed E-state index contributed by atoms with van der Waals surface area (Å²) in [4.78, 5) is 21.3. The van der Waals surface area contributed by atoms with Gasteiger partial charge < -0.3 is 15.0 Å². The van der Waals surface area contributed by atoms with Crippen molar-refractivity contribution in [1.29, 1.82) is 0 Å². The number of amides is 1. The Bertz CT molecular complexity index is 361. The Morgan fingerprint density at radius 3 is 2.80 bits per heavy atom. The van der Waals surface area contributed by atoms with Crippen molar-refractivity contribution < 1.29 is 14.7 Å². The molecule has 0 bridgehead atoms. The van der Waals surface area contributed by atoms with Crippen LogP contribution in [-0.4, -0.2) is 31.7 Å². The van der Waals surface area contributed by atoms with Crippen LogP contribution in [0, 0.1) is 0 Å². The molecule has 15 heavy (non-hydrogen) atoms. The summed E-state index contributed by atoms with van der Waals surface area (Å²) in [6, 6.07) is 0. The predicted molar refractivity (Wildman–Crippen MR) is 49.7 cm³/mol. The molecular formula is C8H12N4O3. The van der Waals surface area contributed by atoms with Crippen LogP contribution in [0.25, 0.3) is 0 Å². The summed E-state index contributed by atoms with van der Waals surface area (Å²) in [7, 11) is 1.76. The lowest BCUT2D eigenvalue weighted by Gasteiger charge is -2.02. The number of carboxylic acid groups (broad SMARTS) is 1. The van der Waals surface area contributed by atoms with E-state index in [2.05, 4.69) is 15.5 Å². The molecule has 0 aliphatic carbocycles. The van der Waals surface area contributed by atoms with Gasteiger partial charge in [-0.3, -0.25) is 9.59 Å². The van der Waals surface area contributed by atoms with Crippen LogP contribution < -0.4 is 5.32 Å². The average Bonchev–Trinajstić information content (AvgIpc) is 2.58. The predicted octanol–water partition coefficient (Wildman–Crippen LogP) is -0.704. The van der Waals surface area contributed by atoms with Crippen LogP contribution >= 0.6 is 0 Å². The molecule has 7 nitrogen and oxygen atoms in total. The monoisotopic (exact) mass is 212 g/mol. The maximum atomic E-state index is 11.1. The molecule has 0 aromatic carbocycles. The largest absolute Gasteiger partial charge is 0.481 e. The van der Waals surface area contributed by atoms with Gasteiger partial charge in [0.2, 0.25) is 5.91 Å². The molecule has 1 aromatic heterocycles. The van der Waals surface area contributed by atoms with Crippen LogP contribution in [0.2, 0.25) is 0 Å². The van der Waals surface area contributed by atoms with Crippen molar-refractivity contribution in [3.8, 4) is 0 Å². The van der Waals surface area contributed by atoms with Crippen molar-refractivity contribution >= 4 is 11.9 Å².